The molecule has 2 nitrogen and oxygen atoms in total. The van der Waals surface area contributed by atoms with Crippen LogP contribution in [0.25, 0.3) is 97.0 Å². The Balaban J connectivity index is 0.989. The van der Waals surface area contributed by atoms with Crippen LogP contribution in [-0.4, -0.2) is 0 Å². The summed E-state index contributed by atoms with van der Waals surface area (Å²) in [4.78, 5) is 2.36. The third-order valence-corrected chi connectivity index (χ3v) is 13.0. The maximum absolute atomic E-state index is 6.95. The zero-order valence-electron chi connectivity index (χ0n) is 32.0. The van der Waals surface area contributed by atoms with Crippen LogP contribution in [0.3, 0.4) is 0 Å². The highest BCUT2D eigenvalue weighted by atomic mass is 32.1. The van der Waals surface area contributed by atoms with Crippen molar-refractivity contribution >= 4 is 92.1 Å². The van der Waals surface area contributed by atoms with Crippen molar-refractivity contribution in [3.63, 3.8) is 0 Å². The lowest BCUT2D eigenvalue weighted by atomic mass is 9.97. The smallest absolute Gasteiger partial charge is 0.144 e. The molecule has 0 bridgehead atoms. The number of anilines is 3. The average Bonchev–Trinajstić information content (AvgIpc) is 3.88. The molecular weight excluding hydrogens is 735 g/mol. The number of nitrogens with zero attached hydrogens (tertiary/aromatic N) is 1. The predicted molar refractivity (Wildman–Crippen MR) is 253 cm³/mol. The lowest BCUT2D eigenvalue weighted by molar-refractivity contribution is 0.674. The number of rotatable bonds is 6. The summed E-state index contributed by atoms with van der Waals surface area (Å²) in [7, 11) is 0. The molecule has 276 valence electrons. The Hall–Kier alpha value is -7.46. The molecule has 0 N–H and O–H groups in total. The van der Waals surface area contributed by atoms with E-state index in [0.29, 0.717) is 0 Å². The quantitative estimate of drug-likeness (QED) is 0.167. The van der Waals surface area contributed by atoms with Gasteiger partial charge < -0.3 is 9.32 Å². The first-order valence-electron chi connectivity index (χ1n) is 20.1. The van der Waals surface area contributed by atoms with Gasteiger partial charge in [-0.05, 0) is 110 Å². The molecule has 12 rings (SSSR count). The molecule has 0 fully saturated rings. The Morgan fingerprint density at radius 1 is 0.322 bits per heavy atom. The van der Waals surface area contributed by atoms with E-state index in [1.165, 1.54) is 64.0 Å². The molecule has 3 heteroatoms. The van der Waals surface area contributed by atoms with Crippen molar-refractivity contribution in [2.75, 3.05) is 4.90 Å². The van der Waals surface area contributed by atoms with Gasteiger partial charge in [-0.3, -0.25) is 0 Å². The van der Waals surface area contributed by atoms with Crippen molar-refractivity contribution in [2.24, 2.45) is 0 Å². The van der Waals surface area contributed by atoms with Crippen molar-refractivity contribution in [2.45, 2.75) is 0 Å². The Kier molecular flexibility index (Phi) is 7.75. The molecule has 0 unspecified atom stereocenters. The van der Waals surface area contributed by atoms with Crippen LogP contribution in [0.1, 0.15) is 0 Å². The van der Waals surface area contributed by atoms with Crippen molar-refractivity contribution in [3.8, 4) is 33.4 Å². The van der Waals surface area contributed by atoms with E-state index in [-0.39, 0.29) is 0 Å². The standard InChI is InChI=1S/C56H35NOS/c1-2-12-40-34-41(23-22-36(40)10-1)37-24-28-43(29-25-37)57(44-30-26-39(27-31-44)47-18-8-13-38-11-3-4-16-46(38)47)45-15-7-14-42(35-45)48-19-9-20-49-50-32-33-53-54(56(50)58-55(48)49)51-17-5-6-21-52(51)59-53/h1-35H. The van der Waals surface area contributed by atoms with E-state index in [0.717, 1.165) is 50.1 Å². The topological polar surface area (TPSA) is 16.4 Å². The monoisotopic (exact) mass is 769 g/mol. The van der Waals surface area contributed by atoms with Gasteiger partial charge in [-0.1, -0.05) is 152 Å². The normalized spacial score (nSPS) is 11.7. The molecule has 0 spiro atoms. The van der Waals surface area contributed by atoms with Crippen LogP contribution in [0.2, 0.25) is 0 Å². The second kappa shape index (κ2) is 13.6. The van der Waals surface area contributed by atoms with Crippen LogP contribution < -0.4 is 4.90 Å². The van der Waals surface area contributed by atoms with Gasteiger partial charge >= 0.3 is 0 Å². The number of hydrogen-bond acceptors (Lipinski definition) is 3. The van der Waals surface area contributed by atoms with E-state index in [1.807, 2.05) is 11.3 Å². The van der Waals surface area contributed by atoms with Crippen molar-refractivity contribution in [1.82, 2.24) is 0 Å². The maximum atomic E-state index is 6.95. The summed E-state index contributed by atoms with van der Waals surface area (Å²) in [6.07, 6.45) is 0. The lowest BCUT2D eigenvalue weighted by Gasteiger charge is -2.26. The number of thiophene rings is 1. The summed E-state index contributed by atoms with van der Waals surface area (Å²) < 4.78 is 9.47. The molecule has 10 aromatic carbocycles. The van der Waals surface area contributed by atoms with Crippen molar-refractivity contribution in [3.05, 3.63) is 212 Å². The second-order valence-corrected chi connectivity index (χ2v) is 16.3. The molecule has 0 saturated carbocycles. The van der Waals surface area contributed by atoms with Gasteiger partial charge in [0.05, 0.1) is 0 Å². The van der Waals surface area contributed by atoms with Gasteiger partial charge in [0.2, 0.25) is 0 Å². The van der Waals surface area contributed by atoms with Gasteiger partial charge in [0.25, 0.3) is 0 Å². The Morgan fingerprint density at radius 2 is 0.949 bits per heavy atom. The summed E-state index contributed by atoms with van der Waals surface area (Å²) in [5.74, 6) is 0. The van der Waals surface area contributed by atoms with Gasteiger partial charge in [-0.25, -0.2) is 0 Å². The van der Waals surface area contributed by atoms with Crippen molar-refractivity contribution in [1.29, 1.82) is 0 Å². The van der Waals surface area contributed by atoms with Gasteiger partial charge in [0.15, 0.2) is 0 Å². The highest BCUT2D eigenvalue weighted by Gasteiger charge is 2.19. The van der Waals surface area contributed by atoms with E-state index in [1.54, 1.807) is 0 Å². The van der Waals surface area contributed by atoms with E-state index in [2.05, 4.69) is 217 Å². The number of hydrogen-bond donors (Lipinski definition) is 0. The zero-order chi connectivity index (χ0) is 38.9. The first kappa shape index (κ1) is 33.7. The van der Waals surface area contributed by atoms with Crippen LogP contribution in [0.4, 0.5) is 17.1 Å². The third kappa shape index (κ3) is 5.62. The Bertz CT molecular complexity index is 3550. The summed E-state index contributed by atoms with van der Waals surface area (Å²) >= 11 is 1.82. The molecule has 2 heterocycles. The molecule has 0 saturated heterocycles. The van der Waals surface area contributed by atoms with Crippen LogP contribution in [0.15, 0.2) is 217 Å². The molecule has 0 radical (unpaired) electrons. The van der Waals surface area contributed by atoms with E-state index in [4.69, 9.17) is 4.42 Å². The Labute approximate surface area is 345 Å². The molecule has 12 aromatic rings. The highest BCUT2D eigenvalue weighted by molar-refractivity contribution is 7.26. The molecule has 0 atom stereocenters. The number of fused-ring (bicyclic) bond motifs is 9. The zero-order valence-corrected chi connectivity index (χ0v) is 32.8. The van der Waals surface area contributed by atoms with Crippen molar-refractivity contribution < 1.29 is 4.42 Å². The predicted octanol–water partition coefficient (Wildman–Crippen LogP) is 16.7. The first-order valence-corrected chi connectivity index (χ1v) is 20.9. The second-order valence-electron chi connectivity index (χ2n) is 15.3. The lowest BCUT2D eigenvalue weighted by Crippen LogP contribution is -2.10. The van der Waals surface area contributed by atoms with Crippen LogP contribution in [0.5, 0.6) is 0 Å². The van der Waals surface area contributed by atoms with E-state index in [9.17, 15) is 0 Å². The van der Waals surface area contributed by atoms with Gasteiger partial charge in [-0.15, -0.1) is 11.3 Å². The molecule has 0 aliphatic carbocycles. The maximum Gasteiger partial charge on any atom is 0.144 e. The summed E-state index contributed by atoms with van der Waals surface area (Å²) in [5, 5.41) is 9.71. The van der Waals surface area contributed by atoms with E-state index >= 15 is 0 Å². The highest BCUT2D eigenvalue weighted by Crippen LogP contribution is 2.45. The summed E-state index contributed by atoms with van der Waals surface area (Å²) in [6.45, 7) is 0. The Morgan fingerprint density at radius 3 is 1.80 bits per heavy atom. The first-order chi connectivity index (χ1) is 29.2. The summed E-state index contributed by atoms with van der Waals surface area (Å²) in [5.41, 5.74) is 12.1. The minimum Gasteiger partial charge on any atom is -0.455 e. The van der Waals surface area contributed by atoms with Gasteiger partial charge in [0, 0.05) is 53.6 Å². The minimum absolute atomic E-state index is 0.910. The molecule has 0 aliphatic rings. The molecule has 0 aliphatic heterocycles. The number of benzene rings is 10. The van der Waals surface area contributed by atoms with Crippen LogP contribution in [-0.2, 0) is 0 Å². The third-order valence-electron chi connectivity index (χ3n) is 11.9. The molecular formula is C56H35NOS. The molecule has 2 aromatic heterocycles. The van der Waals surface area contributed by atoms with Crippen LogP contribution >= 0.6 is 11.3 Å². The molecule has 59 heavy (non-hydrogen) atoms. The van der Waals surface area contributed by atoms with Gasteiger partial charge in [-0.2, -0.15) is 0 Å². The van der Waals surface area contributed by atoms with Crippen LogP contribution in [0, 0.1) is 0 Å². The fraction of sp³-hybridized carbons (Fsp3) is 0. The average molecular weight is 770 g/mol. The SMILES string of the molecule is c1cc(-c2cccc3c2oc2c3ccc3sc4ccccc4c32)cc(N(c2ccc(-c3ccc4ccccc4c3)cc2)c2ccc(-c3cccc4ccccc34)cc2)c1. The number of para-hydroxylation sites is 1. The summed E-state index contributed by atoms with van der Waals surface area (Å²) in [6, 6.07) is 76.9. The number of furan rings is 1. The van der Waals surface area contributed by atoms with E-state index < -0.39 is 0 Å². The fourth-order valence-electron chi connectivity index (χ4n) is 8.99. The minimum atomic E-state index is 0.910. The van der Waals surface area contributed by atoms with Gasteiger partial charge in [0.1, 0.15) is 11.2 Å². The fourth-order valence-corrected chi connectivity index (χ4v) is 10.1. The largest absolute Gasteiger partial charge is 0.455 e. The molecule has 0 amide bonds.